The first kappa shape index (κ1) is 23.2. The maximum atomic E-state index is 13.4. The van der Waals surface area contributed by atoms with Gasteiger partial charge >= 0.3 is 20.4 Å². The van der Waals surface area contributed by atoms with Crippen molar-refractivity contribution in [3.05, 3.63) is 60.7 Å². The van der Waals surface area contributed by atoms with Crippen molar-refractivity contribution in [3.8, 4) is 0 Å². The minimum absolute atomic E-state index is 0. The zero-order valence-electron chi connectivity index (χ0n) is 11.8. The molecule has 0 atom stereocenters. The molecule has 0 bridgehead atoms. The second-order valence-electron chi connectivity index (χ2n) is 4.49. The summed E-state index contributed by atoms with van der Waals surface area (Å²) in [7, 11) is -2.44. The van der Waals surface area contributed by atoms with E-state index in [1.165, 1.54) is 0 Å². The fourth-order valence-corrected chi connectivity index (χ4v) is 5.01. The molecular weight excluding hydrogens is 416 g/mol. The Morgan fingerprint density at radius 2 is 1.19 bits per heavy atom. The quantitative estimate of drug-likeness (QED) is 0.385. The molecule has 5 heteroatoms. The van der Waals surface area contributed by atoms with Gasteiger partial charge in [-0.2, -0.15) is 0 Å². The number of halogens is 2. The number of hydrogen-bond acceptors (Lipinski definition) is 1. The molecule has 0 unspecified atom stereocenters. The molecular formula is C16H19Cl2OPPd. The van der Waals surface area contributed by atoms with Gasteiger partial charge in [-0.3, -0.25) is 0 Å². The van der Waals surface area contributed by atoms with Crippen LogP contribution < -0.4 is 35.4 Å². The van der Waals surface area contributed by atoms with Gasteiger partial charge in [-0.25, -0.2) is 0 Å². The topological polar surface area (TPSA) is 17.1 Å². The summed E-state index contributed by atoms with van der Waals surface area (Å²) in [6.45, 7) is 2.14. The van der Waals surface area contributed by atoms with Crippen molar-refractivity contribution in [1.82, 2.24) is 0 Å². The van der Waals surface area contributed by atoms with Gasteiger partial charge < -0.3 is 29.4 Å². The van der Waals surface area contributed by atoms with Crippen LogP contribution in [-0.2, 0) is 25.0 Å². The summed E-state index contributed by atoms with van der Waals surface area (Å²) in [5.74, 6) is 0. The van der Waals surface area contributed by atoms with E-state index in [1.54, 1.807) is 0 Å². The predicted octanol–water partition coefficient (Wildman–Crippen LogP) is -2.19. The van der Waals surface area contributed by atoms with Gasteiger partial charge in [0, 0.05) is 16.8 Å². The van der Waals surface area contributed by atoms with Crippen LogP contribution in [0.1, 0.15) is 19.8 Å². The number of unbranched alkanes of at least 4 members (excludes halogenated alkanes) is 1. The molecule has 0 aliphatic rings. The fourth-order valence-electron chi connectivity index (χ4n) is 2.13. The van der Waals surface area contributed by atoms with Crippen LogP contribution in [0.2, 0.25) is 0 Å². The van der Waals surface area contributed by atoms with Crippen LogP contribution in [0.4, 0.5) is 0 Å². The minimum atomic E-state index is -2.44. The van der Waals surface area contributed by atoms with Crippen molar-refractivity contribution in [2.75, 3.05) is 6.16 Å². The zero-order chi connectivity index (χ0) is 12.8. The molecule has 0 fully saturated rings. The maximum Gasteiger partial charge on any atom is 2.00 e. The van der Waals surface area contributed by atoms with Crippen LogP contribution in [0.15, 0.2) is 60.7 Å². The van der Waals surface area contributed by atoms with E-state index in [4.69, 9.17) is 0 Å². The van der Waals surface area contributed by atoms with Crippen molar-refractivity contribution < 1.29 is 49.8 Å². The van der Waals surface area contributed by atoms with Gasteiger partial charge in [0.15, 0.2) is 0 Å². The van der Waals surface area contributed by atoms with E-state index >= 15 is 0 Å². The summed E-state index contributed by atoms with van der Waals surface area (Å²) < 4.78 is 13.4. The fraction of sp³-hybridized carbons (Fsp3) is 0.250. The van der Waals surface area contributed by atoms with Crippen molar-refractivity contribution in [2.24, 2.45) is 0 Å². The third-order valence-electron chi connectivity index (χ3n) is 3.17. The second-order valence-corrected chi connectivity index (χ2v) is 7.45. The van der Waals surface area contributed by atoms with E-state index in [1.807, 2.05) is 60.7 Å². The molecule has 0 spiro atoms. The summed E-state index contributed by atoms with van der Waals surface area (Å²) >= 11 is 0. The van der Waals surface area contributed by atoms with E-state index in [0.717, 1.165) is 29.6 Å². The standard InChI is InChI=1S/C16H19OP.2ClH.Pd/c1-2-3-14-18(17,15-10-6-4-7-11-15)16-12-8-5-9-13-16;;;/h4-13H,2-3,14H2,1H3;2*1H;/q;;;+2/p-2. The molecule has 0 N–H and O–H groups in total. The Kier molecular flexibility index (Phi) is 12.7. The molecule has 2 aromatic rings. The Balaban J connectivity index is 0. The zero-order valence-corrected chi connectivity index (χ0v) is 15.8. The molecule has 118 valence electrons. The molecule has 0 aromatic heterocycles. The number of benzene rings is 2. The number of rotatable bonds is 5. The summed E-state index contributed by atoms with van der Waals surface area (Å²) in [4.78, 5) is 0. The Morgan fingerprint density at radius 1 is 0.810 bits per heavy atom. The van der Waals surface area contributed by atoms with Gasteiger partial charge in [0.1, 0.15) is 7.14 Å². The number of hydrogen-bond donors (Lipinski definition) is 0. The first-order valence-electron chi connectivity index (χ1n) is 6.47. The molecule has 0 radical (unpaired) electrons. The Morgan fingerprint density at radius 3 is 1.52 bits per heavy atom. The van der Waals surface area contributed by atoms with Gasteiger partial charge in [0.05, 0.1) is 0 Å². The summed E-state index contributed by atoms with van der Waals surface area (Å²) in [6.07, 6.45) is 2.84. The molecule has 0 saturated carbocycles. The summed E-state index contributed by atoms with van der Waals surface area (Å²) in [5, 5.41) is 1.95. The van der Waals surface area contributed by atoms with Crippen LogP contribution >= 0.6 is 7.14 Å². The van der Waals surface area contributed by atoms with Crippen LogP contribution in [0.5, 0.6) is 0 Å². The Bertz CT molecular complexity index is 491. The van der Waals surface area contributed by atoms with Crippen molar-refractivity contribution in [2.45, 2.75) is 19.8 Å². The summed E-state index contributed by atoms with van der Waals surface area (Å²) in [6, 6.07) is 19.8. The molecule has 1 nitrogen and oxygen atoms in total. The maximum absolute atomic E-state index is 13.4. The van der Waals surface area contributed by atoms with E-state index in [2.05, 4.69) is 6.92 Å². The molecule has 0 amide bonds. The van der Waals surface area contributed by atoms with Gasteiger partial charge in [-0.05, 0) is 6.42 Å². The first-order chi connectivity index (χ1) is 8.77. The summed E-state index contributed by atoms with van der Waals surface area (Å²) in [5.41, 5.74) is 0. The van der Waals surface area contributed by atoms with Crippen molar-refractivity contribution >= 4 is 17.8 Å². The van der Waals surface area contributed by atoms with E-state index in [-0.39, 0.29) is 45.2 Å². The van der Waals surface area contributed by atoms with Gasteiger partial charge in [0.25, 0.3) is 0 Å². The molecule has 0 heterocycles. The smallest absolute Gasteiger partial charge is 1.00 e. The van der Waals surface area contributed by atoms with Crippen LogP contribution in [0.25, 0.3) is 0 Å². The molecule has 2 rings (SSSR count). The first-order valence-corrected chi connectivity index (χ1v) is 8.37. The SMILES string of the molecule is CCCCP(=O)(c1ccccc1)c1ccccc1.[Cl-].[Cl-].[Pd+2]. The molecule has 0 aliphatic heterocycles. The van der Waals surface area contributed by atoms with Gasteiger partial charge in [-0.1, -0.05) is 74.0 Å². The van der Waals surface area contributed by atoms with Crippen LogP contribution in [0.3, 0.4) is 0 Å². The molecule has 0 aliphatic carbocycles. The van der Waals surface area contributed by atoms with Crippen molar-refractivity contribution in [1.29, 1.82) is 0 Å². The monoisotopic (exact) mass is 434 g/mol. The third kappa shape index (κ3) is 5.90. The molecule has 2 aromatic carbocycles. The molecule has 21 heavy (non-hydrogen) atoms. The van der Waals surface area contributed by atoms with E-state index < -0.39 is 7.14 Å². The van der Waals surface area contributed by atoms with E-state index in [9.17, 15) is 4.57 Å². The molecule has 0 saturated heterocycles. The van der Waals surface area contributed by atoms with Gasteiger partial charge in [0.2, 0.25) is 0 Å². The minimum Gasteiger partial charge on any atom is -1.00 e. The van der Waals surface area contributed by atoms with E-state index in [0.29, 0.717) is 0 Å². The third-order valence-corrected chi connectivity index (χ3v) is 6.38. The largest absolute Gasteiger partial charge is 2.00 e. The van der Waals surface area contributed by atoms with Crippen LogP contribution in [0, 0.1) is 0 Å². The van der Waals surface area contributed by atoms with Gasteiger partial charge in [-0.15, -0.1) is 0 Å². The Hall–Kier alpha value is -0.0877. The average Bonchev–Trinajstić information content (AvgIpc) is 2.46. The van der Waals surface area contributed by atoms with Crippen molar-refractivity contribution in [3.63, 3.8) is 0 Å². The average molecular weight is 436 g/mol. The Labute approximate surface area is 153 Å². The van der Waals surface area contributed by atoms with Crippen LogP contribution in [-0.4, -0.2) is 6.16 Å². The normalized spacial score (nSPS) is 9.76. The predicted molar refractivity (Wildman–Crippen MR) is 79.5 cm³/mol. The second kappa shape index (κ2) is 11.5.